The second kappa shape index (κ2) is 5.60. The number of hydrogen-bond acceptors (Lipinski definition) is 4. The van der Waals surface area contributed by atoms with Gasteiger partial charge in [-0.25, -0.2) is 12.7 Å². The van der Waals surface area contributed by atoms with Gasteiger partial charge in [0.15, 0.2) is 0 Å². The molecule has 6 nitrogen and oxygen atoms in total. The van der Waals surface area contributed by atoms with Crippen molar-refractivity contribution in [2.24, 2.45) is 11.7 Å². The molecule has 0 spiro atoms. The Labute approximate surface area is 114 Å². The normalized spacial score (nSPS) is 29.6. The Morgan fingerprint density at radius 2 is 1.95 bits per heavy atom. The highest BCUT2D eigenvalue weighted by molar-refractivity contribution is 7.88. The summed E-state index contributed by atoms with van der Waals surface area (Å²) in [7, 11) is -3.11. The largest absolute Gasteiger partial charge is 0.353 e. The Morgan fingerprint density at radius 1 is 1.32 bits per heavy atom. The van der Waals surface area contributed by atoms with E-state index in [1.807, 2.05) is 12.2 Å². The highest BCUT2D eigenvalue weighted by Gasteiger charge is 2.28. The van der Waals surface area contributed by atoms with Gasteiger partial charge in [0.1, 0.15) is 0 Å². The molecular formula is C12H21N3O3S. The zero-order valence-electron chi connectivity index (χ0n) is 11.1. The van der Waals surface area contributed by atoms with Crippen molar-refractivity contribution in [1.82, 2.24) is 9.62 Å². The number of amides is 1. The summed E-state index contributed by atoms with van der Waals surface area (Å²) in [6.07, 6.45) is 6.93. The van der Waals surface area contributed by atoms with Gasteiger partial charge < -0.3 is 11.1 Å². The Balaban J connectivity index is 1.80. The fourth-order valence-electron chi connectivity index (χ4n) is 2.56. The quantitative estimate of drug-likeness (QED) is 0.680. The minimum Gasteiger partial charge on any atom is -0.353 e. The first-order valence-corrected chi connectivity index (χ1v) is 8.40. The van der Waals surface area contributed by atoms with Gasteiger partial charge in [0.2, 0.25) is 15.9 Å². The molecule has 7 heteroatoms. The van der Waals surface area contributed by atoms with Crippen LogP contribution in [0.15, 0.2) is 12.2 Å². The third-order valence-electron chi connectivity index (χ3n) is 3.72. The van der Waals surface area contributed by atoms with Crippen molar-refractivity contribution < 1.29 is 13.2 Å². The minimum atomic E-state index is -3.11. The molecule has 108 valence electrons. The number of nitrogens with zero attached hydrogens (tertiary/aromatic N) is 1. The van der Waals surface area contributed by atoms with Crippen LogP contribution in [0.1, 0.15) is 19.3 Å². The summed E-state index contributed by atoms with van der Waals surface area (Å²) in [5, 5.41) is 2.99. The second-order valence-corrected chi connectivity index (χ2v) is 7.32. The van der Waals surface area contributed by atoms with Gasteiger partial charge >= 0.3 is 0 Å². The molecule has 0 aromatic rings. The highest BCUT2D eigenvalue weighted by Crippen LogP contribution is 2.18. The van der Waals surface area contributed by atoms with E-state index in [2.05, 4.69) is 5.32 Å². The molecular weight excluding hydrogens is 266 g/mol. The predicted octanol–water partition coefficient (Wildman–Crippen LogP) is -0.570. The SMILES string of the molecule is CS(=O)(=O)N1CCC(NC(=O)C2C=CC(N)C2)CC1. The predicted molar refractivity (Wildman–Crippen MR) is 72.8 cm³/mol. The monoisotopic (exact) mass is 287 g/mol. The fourth-order valence-corrected chi connectivity index (χ4v) is 3.44. The molecule has 3 N–H and O–H groups in total. The topological polar surface area (TPSA) is 92.5 Å². The molecule has 2 aliphatic rings. The maximum Gasteiger partial charge on any atom is 0.227 e. The maximum atomic E-state index is 12.0. The fraction of sp³-hybridized carbons (Fsp3) is 0.750. The zero-order chi connectivity index (χ0) is 14.0. The van der Waals surface area contributed by atoms with E-state index in [-0.39, 0.29) is 23.9 Å². The van der Waals surface area contributed by atoms with Gasteiger partial charge in [-0.1, -0.05) is 12.2 Å². The molecule has 0 aromatic heterocycles. The number of carbonyl (C=O) groups is 1. The van der Waals surface area contributed by atoms with Crippen LogP contribution in [0.2, 0.25) is 0 Å². The summed E-state index contributed by atoms with van der Waals surface area (Å²) in [5.41, 5.74) is 5.72. The summed E-state index contributed by atoms with van der Waals surface area (Å²) in [5.74, 6) is -0.134. The van der Waals surface area contributed by atoms with Gasteiger partial charge in [0, 0.05) is 25.2 Å². The van der Waals surface area contributed by atoms with Crippen molar-refractivity contribution in [1.29, 1.82) is 0 Å². The van der Waals surface area contributed by atoms with E-state index in [0.717, 1.165) is 0 Å². The van der Waals surface area contributed by atoms with Crippen molar-refractivity contribution in [2.75, 3.05) is 19.3 Å². The molecule has 1 saturated heterocycles. The number of carbonyl (C=O) groups excluding carboxylic acids is 1. The van der Waals surface area contributed by atoms with Crippen molar-refractivity contribution in [3.63, 3.8) is 0 Å². The average Bonchev–Trinajstić information content (AvgIpc) is 2.75. The first-order chi connectivity index (χ1) is 8.86. The van der Waals surface area contributed by atoms with E-state index in [1.165, 1.54) is 10.6 Å². The number of hydrogen-bond donors (Lipinski definition) is 2. The molecule has 0 aromatic carbocycles. The number of nitrogens with two attached hydrogens (primary N) is 1. The lowest BCUT2D eigenvalue weighted by atomic mass is 10.0. The van der Waals surface area contributed by atoms with Gasteiger partial charge in [-0.05, 0) is 19.3 Å². The number of sulfonamides is 1. The van der Waals surface area contributed by atoms with E-state index in [1.54, 1.807) is 0 Å². The summed E-state index contributed by atoms with van der Waals surface area (Å²) in [4.78, 5) is 12.0. The van der Waals surface area contributed by atoms with Crippen molar-refractivity contribution >= 4 is 15.9 Å². The summed E-state index contributed by atoms with van der Waals surface area (Å²) < 4.78 is 24.2. The lowest BCUT2D eigenvalue weighted by molar-refractivity contribution is -0.124. The molecule has 1 amide bonds. The van der Waals surface area contributed by atoms with Crippen LogP contribution in [0, 0.1) is 5.92 Å². The van der Waals surface area contributed by atoms with Gasteiger partial charge in [0.25, 0.3) is 0 Å². The molecule has 1 heterocycles. The van der Waals surface area contributed by atoms with Crippen molar-refractivity contribution in [2.45, 2.75) is 31.3 Å². The number of rotatable bonds is 3. The third kappa shape index (κ3) is 3.77. The Bertz CT molecular complexity index is 467. The highest BCUT2D eigenvalue weighted by atomic mass is 32.2. The lowest BCUT2D eigenvalue weighted by Crippen LogP contribution is -2.47. The molecule has 0 saturated carbocycles. The van der Waals surface area contributed by atoms with Gasteiger partial charge in [-0.15, -0.1) is 0 Å². The molecule has 0 bridgehead atoms. The van der Waals surface area contributed by atoms with E-state index >= 15 is 0 Å². The van der Waals surface area contributed by atoms with Gasteiger partial charge in [-0.3, -0.25) is 4.79 Å². The Kier molecular flexibility index (Phi) is 4.27. The maximum absolute atomic E-state index is 12.0. The summed E-state index contributed by atoms with van der Waals surface area (Å²) in [6.45, 7) is 0.952. The van der Waals surface area contributed by atoms with Crippen LogP contribution < -0.4 is 11.1 Å². The molecule has 2 rings (SSSR count). The van der Waals surface area contributed by atoms with Crippen molar-refractivity contribution in [3.8, 4) is 0 Å². The van der Waals surface area contributed by atoms with Crippen LogP contribution in [0.4, 0.5) is 0 Å². The molecule has 19 heavy (non-hydrogen) atoms. The summed E-state index contributed by atoms with van der Waals surface area (Å²) in [6, 6.07) is 0.0403. The first kappa shape index (κ1) is 14.5. The second-order valence-electron chi connectivity index (χ2n) is 5.34. The third-order valence-corrected chi connectivity index (χ3v) is 5.03. The Hall–Kier alpha value is -0.920. The molecule has 1 fully saturated rings. The average molecular weight is 287 g/mol. The van der Waals surface area contributed by atoms with Gasteiger partial charge in [0.05, 0.1) is 12.2 Å². The standard InChI is InChI=1S/C12H21N3O3S/c1-19(17,18)15-6-4-11(5-7-15)14-12(16)9-2-3-10(13)8-9/h2-3,9-11H,4-8,13H2,1H3,(H,14,16). The minimum absolute atomic E-state index is 0.00186. The molecule has 2 unspecified atom stereocenters. The molecule has 1 aliphatic heterocycles. The Morgan fingerprint density at radius 3 is 2.42 bits per heavy atom. The molecule has 2 atom stereocenters. The first-order valence-electron chi connectivity index (χ1n) is 6.55. The summed E-state index contributed by atoms with van der Waals surface area (Å²) >= 11 is 0. The van der Waals surface area contributed by atoms with E-state index < -0.39 is 10.0 Å². The number of piperidine rings is 1. The van der Waals surface area contributed by atoms with Gasteiger partial charge in [-0.2, -0.15) is 0 Å². The smallest absolute Gasteiger partial charge is 0.227 e. The van der Waals surface area contributed by atoms with Crippen LogP contribution in [-0.4, -0.2) is 50.1 Å². The number of nitrogens with one attached hydrogen (secondary N) is 1. The zero-order valence-corrected chi connectivity index (χ0v) is 11.9. The van der Waals surface area contributed by atoms with E-state index in [4.69, 9.17) is 5.73 Å². The van der Waals surface area contributed by atoms with Crippen LogP contribution >= 0.6 is 0 Å². The molecule has 0 radical (unpaired) electrons. The van der Waals surface area contributed by atoms with Crippen LogP contribution in [0.3, 0.4) is 0 Å². The van der Waals surface area contributed by atoms with Crippen LogP contribution in [0.25, 0.3) is 0 Å². The van der Waals surface area contributed by atoms with Crippen LogP contribution in [-0.2, 0) is 14.8 Å². The van der Waals surface area contributed by atoms with Crippen molar-refractivity contribution in [3.05, 3.63) is 12.2 Å². The van der Waals surface area contributed by atoms with Crippen LogP contribution in [0.5, 0.6) is 0 Å². The van der Waals surface area contributed by atoms with E-state index in [0.29, 0.717) is 32.4 Å². The lowest BCUT2D eigenvalue weighted by Gasteiger charge is -2.31. The molecule has 1 aliphatic carbocycles. The van der Waals surface area contributed by atoms with E-state index in [9.17, 15) is 13.2 Å².